The molecule has 0 spiro atoms. The van der Waals surface area contributed by atoms with E-state index in [4.69, 9.17) is 0 Å². The van der Waals surface area contributed by atoms with Gasteiger partial charge in [-0.1, -0.05) is 6.07 Å². The maximum Gasteiger partial charge on any atom is 0.149 e. The highest BCUT2D eigenvalue weighted by Crippen LogP contribution is 2.28. The molecule has 0 aliphatic rings. The standard InChI is InChI=1S/C12H18FNO3S/c1-9(15)12-10(13)5-4-6-11(12)14(2)7-8-18(3,16)17/h4-6,9,15H,7-8H2,1-3H3/t9-/m1/s1. The Morgan fingerprint density at radius 2 is 2.06 bits per heavy atom. The number of nitrogens with zero attached hydrogens (tertiary/aromatic N) is 1. The molecule has 0 fully saturated rings. The first-order valence-electron chi connectivity index (χ1n) is 5.57. The zero-order chi connectivity index (χ0) is 13.9. The van der Waals surface area contributed by atoms with Crippen molar-refractivity contribution in [1.29, 1.82) is 0 Å². The summed E-state index contributed by atoms with van der Waals surface area (Å²) in [5, 5.41) is 9.58. The number of anilines is 1. The normalized spacial score (nSPS) is 13.4. The van der Waals surface area contributed by atoms with Gasteiger partial charge in [0.25, 0.3) is 0 Å². The minimum Gasteiger partial charge on any atom is -0.389 e. The molecule has 0 radical (unpaired) electrons. The van der Waals surface area contributed by atoms with Crippen LogP contribution in [0.15, 0.2) is 18.2 Å². The molecule has 0 unspecified atom stereocenters. The number of aliphatic hydroxyl groups is 1. The molecule has 102 valence electrons. The van der Waals surface area contributed by atoms with E-state index < -0.39 is 21.8 Å². The second-order valence-electron chi connectivity index (χ2n) is 4.40. The smallest absolute Gasteiger partial charge is 0.149 e. The van der Waals surface area contributed by atoms with E-state index in [1.165, 1.54) is 19.1 Å². The van der Waals surface area contributed by atoms with Gasteiger partial charge in [-0.05, 0) is 19.1 Å². The fourth-order valence-corrected chi connectivity index (χ4v) is 2.30. The minimum atomic E-state index is -3.07. The summed E-state index contributed by atoms with van der Waals surface area (Å²) in [7, 11) is -1.40. The van der Waals surface area contributed by atoms with Gasteiger partial charge >= 0.3 is 0 Å². The number of hydrogen-bond acceptors (Lipinski definition) is 4. The Morgan fingerprint density at radius 1 is 1.44 bits per heavy atom. The van der Waals surface area contributed by atoms with Gasteiger partial charge in [0.15, 0.2) is 0 Å². The molecule has 4 nitrogen and oxygen atoms in total. The van der Waals surface area contributed by atoms with Gasteiger partial charge in [-0.2, -0.15) is 0 Å². The van der Waals surface area contributed by atoms with Gasteiger partial charge in [0.05, 0.1) is 11.9 Å². The maximum atomic E-state index is 13.6. The quantitative estimate of drug-likeness (QED) is 0.881. The van der Waals surface area contributed by atoms with E-state index in [1.54, 1.807) is 18.0 Å². The Kier molecular flexibility index (Phi) is 4.70. The molecule has 0 heterocycles. The molecule has 0 aliphatic carbocycles. The van der Waals surface area contributed by atoms with Crippen LogP contribution < -0.4 is 4.90 Å². The van der Waals surface area contributed by atoms with Crippen molar-refractivity contribution < 1.29 is 17.9 Å². The highest BCUT2D eigenvalue weighted by molar-refractivity contribution is 7.90. The van der Waals surface area contributed by atoms with Crippen LogP contribution >= 0.6 is 0 Å². The zero-order valence-electron chi connectivity index (χ0n) is 10.7. The first kappa shape index (κ1) is 14.9. The molecule has 1 aromatic rings. The van der Waals surface area contributed by atoms with Crippen LogP contribution in [0.1, 0.15) is 18.6 Å². The van der Waals surface area contributed by atoms with Gasteiger partial charge in [-0.15, -0.1) is 0 Å². The molecule has 1 aromatic carbocycles. The van der Waals surface area contributed by atoms with Crippen LogP contribution in [0.4, 0.5) is 10.1 Å². The predicted molar refractivity (Wildman–Crippen MR) is 70.0 cm³/mol. The summed E-state index contributed by atoms with van der Waals surface area (Å²) in [5.74, 6) is -0.507. The number of halogens is 1. The molecule has 18 heavy (non-hydrogen) atoms. The third-order valence-corrected chi connectivity index (χ3v) is 3.58. The van der Waals surface area contributed by atoms with Crippen LogP contribution in [0.3, 0.4) is 0 Å². The van der Waals surface area contributed by atoms with Gasteiger partial charge in [0.2, 0.25) is 0 Å². The monoisotopic (exact) mass is 275 g/mol. The third-order valence-electron chi connectivity index (χ3n) is 2.66. The molecule has 0 amide bonds. The van der Waals surface area contributed by atoms with Crippen LogP contribution in [0.25, 0.3) is 0 Å². The largest absolute Gasteiger partial charge is 0.389 e. The second kappa shape index (κ2) is 5.67. The number of aliphatic hydroxyl groups excluding tert-OH is 1. The molecule has 0 bridgehead atoms. The first-order chi connectivity index (χ1) is 8.22. The number of hydrogen-bond donors (Lipinski definition) is 1. The first-order valence-corrected chi connectivity index (χ1v) is 7.64. The maximum absolute atomic E-state index is 13.6. The van der Waals surface area contributed by atoms with Crippen molar-refractivity contribution in [2.24, 2.45) is 0 Å². The van der Waals surface area contributed by atoms with Gasteiger partial charge < -0.3 is 10.0 Å². The summed E-state index contributed by atoms with van der Waals surface area (Å²) in [6, 6.07) is 4.47. The predicted octanol–water partition coefficient (Wildman–Crippen LogP) is 1.36. The lowest BCUT2D eigenvalue weighted by Gasteiger charge is -2.23. The minimum absolute atomic E-state index is 0.0146. The summed E-state index contributed by atoms with van der Waals surface area (Å²) in [5.41, 5.74) is 0.696. The number of rotatable bonds is 5. The molecular formula is C12H18FNO3S. The van der Waals surface area contributed by atoms with E-state index >= 15 is 0 Å². The van der Waals surface area contributed by atoms with Crippen molar-refractivity contribution in [1.82, 2.24) is 0 Å². The Labute approximate surface area is 107 Å². The van der Waals surface area contributed by atoms with E-state index in [2.05, 4.69) is 0 Å². The van der Waals surface area contributed by atoms with Gasteiger partial charge in [-0.3, -0.25) is 0 Å². The lowest BCUT2D eigenvalue weighted by Crippen LogP contribution is -2.26. The van der Waals surface area contributed by atoms with Crippen molar-refractivity contribution in [2.45, 2.75) is 13.0 Å². The molecule has 0 saturated carbocycles. The van der Waals surface area contributed by atoms with Crippen LogP contribution in [0.5, 0.6) is 0 Å². The SMILES string of the molecule is C[C@@H](O)c1c(F)cccc1N(C)CCS(C)(=O)=O. The van der Waals surface area contributed by atoms with E-state index in [0.717, 1.165) is 6.26 Å². The fraction of sp³-hybridized carbons (Fsp3) is 0.500. The summed E-state index contributed by atoms with van der Waals surface area (Å²) in [6.07, 6.45) is 0.212. The lowest BCUT2D eigenvalue weighted by molar-refractivity contribution is 0.194. The van der Waals surface area contributed by atoms with E-state index in [1.807, 2.05) is 0 Å². The van der Waals surface area contributed by atoms with Crippen molar-refractivity contribution in [3.63, 3.8) is 0 Å². The van der Waals surface area contributed by atoms with E-state index in [-0.39, 0.29) is 17.9 Å². The van der Waals surface area contributed by atoms with Crippen LogP contribution in [-0.4, -0.2) is 39.1 Å². The van der Waals surface area contributed by atoms with E-state index in [0.29, 0.717) is 5.69 Å². The molecule has 0 saturated heterocycles. The van der Waals surface area contributed by atoms with Crippen molar-refractivity contribution in [3.05, 3.63) is 29.6 Å². The average Bonchev–Trinajstić information content (AvgIpc) is 2.24. The molecule has 1 atom stereocenters. The van der Waals surface area contributed by atoms with E-state index in [9.17, 15) is 17.9 Å². The highest BCUT2D eigenvalue weighted by atomic mass is 32.2. The number of benzene rings is 1. The molecule has 6 heteroatoms. The van der Waals surface area contributed by atoms with Crippen LogP contribution in [-0.2, 0) is 9.84 Å². The Bertz CT molecular complexity index is 514. The summed E-state index contributed by atoms with van der Waals surface area (Å²) < 4.78 is 35.8. The topological polar surface area (TPSA) is 57.6 Å². The average molecular weight is 275 g/mol. The Balaban J connectivity index is 2.99. The molecule has 1 N–H and O–H groups in total. The lowest BCUT2D eigenvalue weighted by atomic mass is 10.1. The zero-order valence-corrected chi connectivity index (χ0v) is 11.5. The molecule has 1 rings (SSSR count). The third kappa shape index (κ3) is 3.96. The summed E-state index contributed by atoms with van der Waals surface area (Å²) in [4.78, 5) is 1.63. The Morgan fingerprint density at radius 3 is 2.56 bits per heavy atom. The number of sulfone groups is 1. The molecule has 0 aromatic heterocycles. The highest BCUT2D eigenvalue weighted by Gasteiger charge is 2.16. The van der Waals surface area contributed by atoms with Crippen molar-refractivity contribution >= 4 is 15.5 Å². The summed E-state index contributed by atoms with van der Waals surface area (Å²) in [6.45, 7) is 1.73. The Hall–Kier alpha value is -1.14. The van der Waals surface area contributed by atoms with Gasteiger partial charge in [0.1, 0.15) is 15.7 Å². The van der Waals surface area contributed by atoms with Crippen LogP contribution in [0, 0.1) is 5.82 Å². The molecular weight excluding hydrogens is 257 g/mol. The van der Waals surface area contributed by atoms with Gasteiger partial charge in [0, 0.05) is 31.1 Å². The fourth-order valence-electron chi connectivity index (χ4n) is 1.70. The van der Waals surface area contributed by atoms with Crippen LogP contribution in [0.2, 0.25) is 0 Å². The van der Waals surface area contributed by atoms with Gasteiger partial charge in [-0.25, -0.2) is 12.8 Å². The van der Waals surface area contributed by atoms with Crippen molar-refractivity contribution in [2.75, 3.05) is 30.5 Å². The van der Waals surface area contributed by atoms with Crippen molar-refractivity contribution in [3.8, 4) is 0 Å². The summed E-state index contributed by atoms with van der Waals surface area (Å²) >= 11 is 0. The second-order valence-corrected chi connectivity index (χ2v) is 6.66. The molecule has 0 aliphatic heterocycles.